The number of nitrogens with zero attached hydrogens (tertiary/aromatic N) is 1. The molecule has 5 heteroatoms. The summed E-state index contributed by atoms with van der Waals surface area (Å²) in [5.41, 5.74) is 1.29. The van der Waals surface area contributed by atoms with Gasteiger partial charge in [0.15, 0.2) is 7.85 Å². The summed E-state index contributed by atoms with van der Waals surface area (Å²) in [7, 11) is 0.432. The second-order valence-electron chi connectivity index (χ2n) is 2.11. The van der Waals surface area contributed by atoms with Crippen LogP contribution in [0.2, 0.25) is 0 Å². The Morgan fingerprint density at radius 1 is 1.40 bits per heavy atom. The monoisotopic (exact) mass is 135 g/mol. The lowest BCUT2D eigenvalue weighted by atomic mass is 9.81. The van der Waals surface area contributed by atoms with E-state index in [4.69, 9.17) is 10.0 Å². The third-order valence-corrected chi connectivity index (χ3v) is 1.23. The third-order valence-electron chi connectivity index (χ3n) is 1.23. The fourth-order valence-electron chi connectivity index (χ4n) is 0.632. The van der Waals surface area contributed by atoms with Crippen molar-refractivity contribution in [2.75, 3.05) is 0 Å². The Bertz CT molecular complexity index is 211. The highest BCUT2D eigenvalue weighted by molar-refractivity contribution is 6.58. The van der Waals surface area contributed by atoms with Gasteiger partial charge in [-0.25, -0.2) is 0 Å². The maximum Gasteiger partial charge on any atom is 0.490 e. The van der Waals surface area contributed by atoms with Gasteiger partial charge in [0.2, 0.25) is 0 Å². The van der Waals surface area contributed by atoms with Gasteiger partial charge in [0.05, 0.1) is 0 Å². The Balaban J connectivity index is 2.89. The molecule has 10 heavy (non-hydrogen) atoms. The highest BCUT2D eigenvalue weighted by atomic mass is 16.4. The molecule has 0 bridgehead atoms. The van der Waals surface area contributed by atoms with Gasteiger partial charge in [-0.1, -0.05) is 12.1 Å². The molecule has 0 unspecified atom stereocenters. The van der Waals surface area contributed by atoms with Crippen molar-refractivity contribution in [3.8, 4) is 0 Å². The topological polar surface area (TPSA) is 53.4 Å². The van der Waals surface area contributed by atoms with Gasteiger partial charge in [-0.15, -0.1) is 0 Å². The Morgan fingerprint density at radius 2 is 2.10 bits per heavy atom. The zero-order chi connectivity index (χ0) is 7.56. The standard InChI is InChI=1S/C5H7B2NO2/c6-5-2-1-4(3-8-5)7(9)10/h1-3,9-10H,6H2. The van der Waals surface area contributed by atoms with Gasteiger partial charge < -0.3 is 10.0 Å². The molecule has 0 amide bonds. The third kappa shape index (κ3) is 1.59. The molecule has 1 aromatic rings. The molecule has 0 aliphatic heterocycles. The predicted molar refractivity (Wildman–Crippen MR) is 42.2 cm³/mol. The van der Waals surface area contributed by atoms with Crippen LogP contribution in [0.5, 0.6) is 0 Å². The lowest BCUT2D eigenvalue weighted by Gasteiger charge is -1.96. The minimum atomic E-state index is -1.41. The molecule has 0 aliphatic carbocycles. The van der Waals surface area contributed by atoms with Crippen LogP contribution in [0.3, 0.4) is 0 Å². The Hall–Kier alpha value is -0.800. The number of rotatable bonds is 1. The van der Waals surface area contributed by atoms with Crippen molar-refractivity contribution < 1.29 is 10.0 Å². The average Bonchev–Trinajstić information content (AvgIpc) is 1.88. The van der Waals surface area contributed by atoms with Crippen LogP contribution in [-0.4, -0.2) is 30.0 Å². The van der Waals surface area contributed by atoms with Gasteiger partial charge in [0.25, 0.3) is 0 Å². The molecule has 0 atom stereocenters. The first-order chi connectivity index (χ1) is 4.70. The van der Waals surface area contributed by atoms with Gasteiger partial charge in [0, 0.05) is 11.7 Å². The van der Waals surface area contributed by atoms with E-state index in [1.165, 1.54) is 6.20 Å². The highest BCUT2D eigenvalue weighted by Gasteiger charge is 2.09. The van der Waals surface area contributed by atoms with Gasteiger partial charge >= 0.3 is 7.12 Å². The normalized spacial score (nSPS) is 9.40. The van der Waals surface area contributed by atoms with Gasteiger partial charge in [-0.2, -0.15) is 0 Å². The summed E-state index contributed by atoms with van der Waals surface area (Å²) in [6, 6.07) is 3.36. The first kappa shape index (κ1) is 7.31. The van der Waals surface area contributed by atoms with Gasteiger partial charge in [0.1, 0.15) is 0 Å². The van der Waals surface area contributed by atoms with Crippen molar-refractivity contribution in [1.29, 1.82) is 0 Å². The number of pyridine rings is 1. The van der Waals surface area contributed by atoms with E-state index in [2.05, 4.69) is 4.98 Å². The van der Waals surface area contributed by atoms with E-state index < -0.39 is 7.12 Å². The molecule has 0 aliphatic rings. The highest BCUT2D eigenvalue weighted by Crippen LogP contribution is 1.75. The summed E-state index contributed by atoms with van der Waals surface area (Å²) < 4.78 is 0. The maximum absolute atomic E-state index is 8.63. The zero-order valence-corrected chi connectivity index (χ0v) is 5.65. The minimum absolute atomic E-state index is 0.422. The molecule has 50 valence electrons. The van der Waals surface area contributed by atoms with E-state index in [0.29, 0.717) is 5.46 Å². The first-order valence-corrected chi connectivity index (χ1v) is 2.99. The molecule has 0 aromatic carbocycles. The fraction of sp³-hybridized carbons (Fsp3) is 0. The van der Waals surface area contributed by atoms with Crippen molar-refractivity contribution in [1.82, 2.24) is 4.98 Å². The van der Waals surface area contributed by atoms with E-state index in [0.717, 1.165) is 5.59 Å². The molecule has 1 rings (SSSR count). The summed E-state index contributed by atoms with van der Waals surface area (Å²) in [6.45, 7) is 0. The summed E-state index contributed by atoms with van der Waals surface area (Å²) in [5.74, 6) is 0. The van der Waals surface area contributed by atoms with Crippen LogP contribution in [0.4, 0.5) is 0 Å². The molecular weight excluding hydrogens is 128 g/mol. The van der Waals surface area contributed by atoms with Crippen LogP contribution >= 0.6 is 0 Å². The van der Waals surface area contributed by atoms with Crippen LogP contribution in [0.25, 0.3) is 0 Å². The number of hydrogen-bond acceptors (Lipinski definition) is 3. The smallest absolute Gasteiger partial charge is 0.423 e. The van der Waals surface area contributed by atoms with Crippen LogP contribution in [0, 0.1) is 0 Å². The molecule has 0 fully saturated rings. The molecule has 1 aromatic heterocycles. The maximum atomic E-state index is 8.63. The van der Waals surface area contributed by atoms with E-state index in [-0.39, 0.29) is 0 Å². The van der Waals surface area contributed by atoms with Crippen molar-refractivity contribution >= 4 is 26.0 Å². The molecule has 0 radical (unpaired) electrons. The summed E-state index contributed by atoms with van der Waals surface area (Å²) in [5, 5.41) is 17.3. The molecular formula is C5H7B2NO2. The molecule has 1 heterocycles. The van der Waals surface area contributed by atoms with E-state index in [1.54, 1.807) is 12.1 Å². The van der Waals surface area contributed by atoms with Crippen molar-refractivity contribution in [2.45, 2.75) is 0 Å². The summed E-state index contributed by atoms with van der Waals surface area (Å²) >= 11 is 0. The van der Waals surface area contributed by atoms with Crippen molar-refractivity contribution in [3.63, 3.8) is 0 Å². The summed E-state index contributed by atoms with van der Waals surface area (Å²) in [4.78, 5) is 3.88. The van der Waals surface area contributed by atoms with Crippen LogP contribution in [0.1, 0.15) is 0 Å². The lowest BCUT2D eigenvalue weighted by Crippen LogP contribution is -2.31. The Kier molecular flexibility index (Phi) is 2.09. The second kappa shape index (κ2) is 2.86. The zero-order valence-electron chi connectivity index (χ0n) is 5.65. The van der Waals surface area contributed by atoms with Crippen LogP contribution in [-0.2, 0) is 0 Å². The average molecular weight is 135 g/mol. The van der Waals surface area contributed by atoms with Gasteiger partial charge in [-0.3, -0.25) is 4.98 Å². The molecule has 0 spiro atoms. The Morgan fingerprint density at radius 3 is 2.50 bits per heavy atom. The Labute approximate surface area is 60.3 Å². The molecule has 2 N–H and O–H groups in total. The quantitative estimate of drug-likeness (QED) is 0.404. The fourth-order valence-corrected chi connectivity index (χ4v) is 0.632. The number of aromatic nitrogens is 1. The SMILES string of the molecule is Bc1ccc(B(O)O)cn1. The van der Waals surface area contributed by atoms with Gasteiger partial charge in [-0.05, 0) is 5.59 Å². The largest absolute Gasteiger partial charge is 0.490 e. The van der Waals surface area contributed by atoms with E-state index >= 15 is 0 Å². The molecule has 0 saturated carbocycles. The number of hydrogen-bond donors (Lipinski definition) is 2. The van der Waals surface area contributed by atoms with E-state index in [9.17, 15) is 0 Å². The lowest BCUT2D eigenvalue weighted by molar-refractivity contribution is 0.425. The van der Waals surface area contributed by atoms with Crippen molar-refractivity contribution in [3.05, 3.63) is 18.3 Å². The summed E-state index contributed by atoms with van der Waals surface area (Å²) in [6.07, 6.45) is 1.44. The second-order valence-corrected chi connectivity index (χ2v) is 2.11. The van der Waals surface area contributed by atoms with Crippen LogP contribution in [0.15, 0.2) is 18.3 Å². The molecule has 0 saturated heterocycles. The molecule has 3 nitrogen and oxygen atoms in total. The predicted octanol–water partition coefficient (Wildman–Crippen LogP) is -2.98. The van der Waals surface area contributed by atoms with Crippen LogP contribution < -0.4 is 11.1 Å². The first-order valence-electron chi connectivity index (χ1n) is 2.99. The van der Waals surface area contributed by atoms with Crippen molar-refractivity contribution in [2.24, 2.45) is 0 Å². The van der Waals surface area contributed by atoms with E-state index in [1.807, 2.05) is 7.85 Å². The minimum Gasteiger partial charge on any atom is -0.423 e.